The van der Waals surface area contributed by atoms with Crippen LogP contribution in [0, 0.1) is 17.6 Å². The van der Waals surface area contributed by atoms with E-state index >= 15 is 0 Å². The van der Waals surface area contributed by atoms with E-state index in [9.17, 15) is 13.6 Å². The van der Waals surface area contributed by atoms with Crippen LogP contribution in [0.1, 0.15) is 37.7 Å². The Morgan fingerprint density at radius 2 is 2.00 bits per heavy atom. The van der Waals surface area contributed by atoms with Gasteiger partial charge >= 0.3 is 6.03 Å². The molecule has 4 saturated heterocycles. The summed E-state index contributed by atoms with van der Waals surface area (Å²) in [6, 6.07) is 4.54. The number of urea groups is 1. The van der Waals surface area contributed by atoms with Crippen molar-refractivity contribution in [2.45, 2.75) is 44.2 Å². The number of nitrogens with zero attached hydrogens (tertiary/aromatic N) is 2. The van der Waals surface area contributed by atoms with Crippen LogP contribution in [-0.4, -0.2) is 54.1 Å². The highest BCUT2D eigenvalue weighted by molar-refractivity contribution is 5.75. The van der Waals surface area contributed by atoms with E-state index < -0.39 is 11.6 Å². The Morgan fingerprint density at radius 1 is 1.24 bits per heavy atom. The monoisotopic (exact) mass is 349 g/mol. The van der Waals surface area contributed by atoms with E-state index in [2.05, 4.69) is 10.2 Å². The van der Waals surface area contributed by atoms with Crippen LogP contribution in [0.25, 0.3) is 0 Å². The molecule has 1 N–H and O–H groups in total. The lowest BCUT2D eigenvalue weighted by atomic mass is 9.75. The first-order chi connectivity index (χ1) is 12.1. The lowest BCUT2D eigenvalue weighted by molar-refractivity contribution is 0.00332. The van der Waals surface area contributed by atoms with Crippen molar-refractivity contribution >= 4 is 6.03 Å². The Balaban J connectivity index is 1.68. The van der Waals surface area contributed by atoms with Gasteiger partial charge in [0.1, 0.15) is 0 Å². The number of carbonyl (C=O) groups is 1. The number of amides is 2. The van der Waals surface area contributed by atoms with Gasteiger partial charge in [0.05, 0.1) is 6.04 Å². The molecule has 2 amide bonds. The zero-order valence-corrected chi connectivity index (χ0v) is 14.5. The molecule has 0 aromatic heterocycles. The number of likely N-dealkylation sites (tertiary alicyclic amines) is 1. The maximum atomic E-state index is 14.5. The molecule has 25 heavy (non-hydrogen) atoms. The second-order valence-electron chi connectivity index (χ2n) is 7.49. The molecule has 136 valence electrons. The van der Waals surface area contributed by atoms with Crippen molar-refractivity contribution in [1.29, 1.82) is 0 Å². The number of hydrogen-bond donors (Lipinski definition) is 1. The lowest BCUT2D eigenvalue weighted by Crippen LogP contribution is -2.61. The van der Waals surface area contributed by atoms with E-state index in [1.807, 2.05) is 11.8 Å². The van der Waals surface area contributed by atoms with Gasteiger partial charge in [-0.15, -0.1) is 0 Å². The molecule has 4 nitrogen and oxygen atoms in total. The van der Waals surface area contributed by atoms with Crippen LogP contribution < -0.4 is 5.32 Å². The molecule has 0 aliphatic carbocycles. The van der Waals surface area contributed by atoms with Crippen LogP contribution in [0.4, 0.5) is 13.6 Å². The summed E-state index contributed by atoms with van der Waals surface area (Å²) in [6.45, 7) is 5.10. The number of fused-ring (bicyclic) bond motifs is 2. The van der Waals surface area contributed by atoms with Gasteiger partial charge in [0, 0.05) is 25.0 Å². The highest BCUT2D eigenvalue weighted by Gasteiger charge is 2.55. The normalized spacial score (nSPS) is 33.4. The summed E-state index contributed by atoms with van der Waals surface area (Å²) >= 11 is 0. The van der Waals surface area contributed by atoms with Crippen molar-refractivity contribution in [2.24, 2.45) is 5.92 Å². The molecule has 3 atom stereocenters. The minimum absolute atomic E-state index is 0.0649. The molecule has 4 heterocycles. The second kappa shape index (κ2) is 6.56. The number of carbonyl (C=O) groups excluding carboxylic acids is 1. The highest BCUT2D eigenvalue weighted by atomic mass is 19.2. The van der Waals surface area contributed by atoms with Gasteiger partial charge in [-0.1, -0.05) is 19.1 Å². The van der Waals surface area contributed by atoms with Gasteiger partial charge < -0.3 is 10.2 Å². The summed E-state index contributed by atoms with van der Waals surface area (Å²) in [4.78, 5) is 17.0. The molecular weight excluding hydrogens is 324 g/mol. The van der Waals surface area contributed by atoms with Gasteiger partial charge in [0.2, 0.25) is 0 Å². The van der Waals surface area contributed by atoms with E-state index in [0.717, 1.165) is 38.4 Å². The quantitative estimate of drug-likeness (QED) is 0.911. The minimum Gasteiger partial charge on any atom is -0.338 e. The van der Waals surface area contributed by atoms with Crippen LogP contribution in [0.15, 0.2) is 18.2 Å². The highest BCUT2D eigenvalue weighted by Crippen LogP contribution is 2.47. The number of piperidine rings is 3. The van der Waals surface area contributed by atoms with E-state index in [0.29, 0.717) is 24.6 Å². The predicted octanol–water partition coefficient (Wildman–Crippen LogP) is 2.95. The first-order valence-corrected chi connectivity index (χ1v) is 9.34. The molecule has 0 saturated carbocycles. The Labute approximate surface area is 147 Å². The van der Waals surface area contributed by atoms with Crippen LogP contribution in [0.5, 0.6) is 0 Å². The zero-order valence-electron chi connectivity index (χ0n) is 14.5. The Hall–Kier alpha value is -1.69. The smallest absolute Gasteiger partial charge is 0.317 e. The third-order valence-corrected chi connectivity index (χ3v) is 6.16. The van der Waals surface area contributed by atoms with Gasteiger partial charge in [-0.05, 0) is 49.9 Å². The third-order valence-electron chi connectivity index (χ3n) is 6.16. The standard InChI is InChI=1S/C19H25F2N3O/c1-2-8-22-19(25)24-11-14(13-4-3-5-15(20)16(13)21)18-17(24)12-6-9-23(18)10-7-12/h3-5,12,14,17-18H,2,6-11H2,1H3,(H,22,25)/t14-,17+,18+/m1/s1. The van der Waals surface area contributed by atoms with Crippen molar-refractivity contribution in [3.05, 3.63) is 35.4 Å². The molecule has 1 aromatic carbocycles. The number of benzene rings is 1. The van der Waals surface area contributed by atoms with Gasteiger partial charge in [-0.25, -0.2) is 13.6 Å². The van der Waals surface area contributed by atoms with E-state index in [1.165, 1.54) is 0 Å². The summed E-state index contributed by atoms with van der Waals surface area (Å²) < 4.78 is 28.3. The number of halogens is 2. The zero-order chi connectivity index (χ0) is 17.6. The first-order valence-electron chi connectivity index (χ1n) is 9.34. The van der Waals surface area contributed by atoms with Gasteiger partial charge in [0.15, 0.2) is 11.6 Å². The SMILES string of the molecule is CCCNC(=O)N1C[C@H](c2cccc(F)c2F)[C@H]2[C@@H]1C1CCN2CC1. The molecule has 1 aromatic rings. The summed E-state index contributed by atoms with van der Waals surface area (Å²) in [6.07, 6.45) is 3.04. The average Bonchev–Trinajstić information content (AvgIpc) is 3.06. The predicted molar refractivity (Wildman–Crippen MR) is 91.4 cm³/mol. The summed E-state index contributed by atoms with van der Waals surface area (Å²) in [5.41, 5.74) is 0.411. The number of rotatable bonds is 3. The summed E-state index contributed by atoms with van der Waals surface area (Å²) in [7, 11) is 0. The molecule has 2 bridgehead atoms. The van der Waals surface area contributed by atoms with E-state index in [1.54, 1.807) is 12.1 Å². The van der Waals surface area contributed by atoms with Crippen molar-refractivity contribution in [3.8, 4) is 0 Å². The van der Waals surface area contributed by atoms with Crippen molar-refractivity contribution < 1.29 is 13.6 Å². The van der Waals surface area contributed by atoms with Gasteiger partial charge in [-0.3, -0.25) is 4.90 Å². The van der Waals surface area contributed by atoms with Crippen molar-refractivity contribution in [3.63, 3.8) is 0 Å². The van der Waals surface area contributed by atoms with Crippen molar-refractivity contribution in [2.75, 3.05) is 26.2 Å². The summed E-state index contributed by atoms with van der Waals surface area (Å²) in [5, 5.41) is 2.97. The van der Waals surface area contributed by atoms with Crippen molar-refractivity contribution in [1.82, 2.24) is 15.1 Å². The maximum absolute atomic E-state index is 14.5. The molecule has 0 radical (unpaired) electrons. The minimum atomic E-state index is -0.807. The van der Waals surface area contributed by atoms with Crippen LogP contribution >= 0.6 is 0 Å². The second-order valence-corrected chi connectivity index (χ2v) is 7.49. The fourth-order valence-corrected chi connectivity index (χ4v) is 5.07. The number of hydrogen-bond acceptors (Lipinski definition) is 2. The molecule has 4 fully saturated rings. The van der Waals surface area contributed by atoms with E-state index in [4.69, 9.17) is 0 Å². The van der Waals surface area contributed by atoms with Crippen LogP contribution in [0.2, 0.25) is 0 Å². The first kappa shape index (κ1) is 16.8. The molecule has 6 heteroatoms. The Bertz CT molecular complexity index is 660. The fourth-order valence-electron chi connectivity index (χ4n) is 5.07. The molecule has 4 aliphatic heterocycles. The molecule has 0 unspecified atom stereocenters. The molecule has 5 rings (SSSR count). The topological polar surface area (TPSA) is 35.6 Å². The van der Waals surface area contributed by atoms with E-state index in [-0.39, 0.29) is 24.0 Å². The maximum Gasteiger partial charge on any atom is 0.317 e. The molecule has 0 spiro atoms. The Morgan fingerprint density at radius 3 is 2.72 bits per heavy atom. The molecule has 4 aliphatic rings. The van der Waals surface area contributed by atoms with Gasteiger partial charge in [-0.2, -0.15) is 0 Å². The molecular formula is C19H25F2N3O. The average molecular weight is 349 g/mol. The largest absolute Gasteiger partial charge is 0.338 e. The lowest BCUT2D eigenvalue weighted by Gasteiger charge is -2.51. The van der Waals surface area contributed by atoms with Gasteiger partial charge in [0.25, 0.3) is 0 Å². The Kier molecular flexibility index (Phi) is 4.40. The third kappa shape index (κ3) is 2.71. The fraction of sp³-hybridized carbons (Fsp3) is 0.632. The number of nitrogens with one attached hydrogen (secondary N) is 1. The summed E-state index contributed by atoms with van der Waals surface area (Å²) in [5.74, 6) is -1.27. The van der Waals surface area contributed by atoms with Crippen LogP contribution in [0.3, 0.4) is 0 Å². The van der Waals surface area contributed by atoms with Crippen LogP contribution in [-0.2, 0) is 0 Å².